The molecule has 0 bridgehead atoms. The van der Waals surface area contributed by atoms with E-state index < -0.39 is 11.6 Å². The summed E-state index contributed by atoms with van der Waals surface area (Å²) in [6, 6.07) is 0.240. The number of ether oxygens (including phenoxy) is 1. The molecular formula is C14H25NO4. The van der Waals surface area contributed by atoms with Crippen molar-refractivity contribution in [1.29, 1.82) is 0 Å². The van der Waals surface area contributed by atoms with Crippen molar-refractivity contribution in [3.05, 3.63) is 0 Å². The molecule has 0 radical (unpaired) electrons. The van der Waals surface area contributed by atoms with Crippen LogP contribution < -0.4 is 5.32 Å². The summed E-state index contributed by atoms with van der Waals surface area (Å²) in [4.78, 5) is 10.9. The minimum absolute atomic E-state index is 0.240. The van der Waals surface area contributed by atoms with Crippen molar-refractivity contribution in [2.45, 2.75) is 63.2 Å². The summed E-state index contributed by atoms with van der Waals surface area (Å²) in [5.41, 5.74) is -0.751. The van der Waals surface area contributed by atoms with Crippen molar-refractivity contribution in [1.82, 2.24) is 5.32 Å². The van der Waals surface area contributed by atoms with Crippen LogP contribution in [0.3, 0.4) is 0 Å². The van der Waals surface area contributed by atoms with Gasteiger partial charge in [-0.1, -0.05) is 0 Å². The average molecular weight is 271 g/mol. The Morgan fingerprint density at radius 1 is 1.42 bits per heavy atom. The van der Waals surface area contributed by atoms with Crippen LogP contribution in [-0.4, -0.2) is 47.1 Å². The Morgan fingerprint density at radius 3 is 2.63 bits per heavy atom. The standard InChI is InChI=1S/C14H25NO4/c1-10(12-3-2-8-19-12)15-9-14(18)6-4-11(5-7-14)13(16)17/h10-12,15,18H,2-9H2,1H3,(H,16,17). The van der Waals surface area contributed by atoms with Crippen molar-refractivity contribution in [2.75, 3.05) is 13.2 Å². The van der Waals surface area contributed by atoms with Crippen LogP contribution in [0.25, 0.3) is 0 Å². The molecule has 0 aromatic rings. The lowest BCUT2D eigenvalue weighted by Gasteiger charge is -2.36. The highest BCUT2D eigenvalue weighted by molar-refractivity contribution is 5.70. The first-order chi connectivity index (χ1) is 9.00. The molecule has 1 heterocycles. The summed E-state index contributed by atoms with van der Waals surface area (Å²) in [7, 11) is 0. The Hall–Kier alpha value is -0.650. The molecule has 3 N–H and O–H groups in total. The van der Waals surface area contributed by atoms with Gasteiger partial charge in [0.25, 0.3) is 0 Å². The highest BCUT2D eigenvalue weighted by atomic mass is 16.5. The maximum Gasteiger partial charge on any atom is 0.306 e. The molecule has 19 heavy (non-hydrogen) atoms. The molecule has 2 rings (SSSR count). The lowest BCUT2D eigenvalue weighted by Crippen LogP contribution is -2.49. The van der Waals surface area contributed by atoms with E-state index in [1.165, 1.54) is 0 Å². The van der Waals surface area contributed by atoms with E-state index in [0.717, 1.165) is 19.4 Å². The highest BCUT2D eigenvalue weighted by Gasteiger charge is 2.36. The van der Waals surface area contributed by atoms with Gasteiger partial charge in [0.05, 0.1) is 17.6 Å². The molecule has 1 saturated carbocycles. The van der Waals surface area contributed by atoms with E-state index in [-0.39, 0.29) is 18.1 Å². The van der Waals surface area contributed by atoms with Gasteiger partial charge in [0, 0.05) is 19.2 Å². The van der Waals surface area contributed by atoms with Gasteiger partial charge in [-0.2, -0.15) is 0 Å². The Morgan fingerprint density at radius 2 is 2.11 bits per heavy atom. The van der Waals surface area contributed by atoms with E-state index in [2.05, 4.69) is 12.2 Å². The van der Waals surface area contributed by atoms with Gasteiger partial charge in [-0.15, -0.1) is 0 Å². The van der Waals surface area contributed by atoms with Crippen molar-refractivity contribution >= 4 is 5.97 Å². The lowest BCUT2D eigenvalue weighted by atomic mass is 9.78. The van der Waals surface area contributed by atoms with Crippen molar-refractivity contribution in [2.24, 2.45) is 5.92 Å². The number of aliphatic hydroxyl groups is 1. The van der Waals surface area contributed by atoms with Crippen LogP contribution in [-0.2, 0) is 9.53 Å². The highest BCUT2D eigenvalue weighted by Crippen LogP contribution is 2.32. The smallest absolute Gasteiger partial charge is 0.306 e. The molecule has 2 atom stereocenters. The van der Waals surface area contributed by atoms with E-state index in [4.69, 9.17) is 9.84 Å². The van der Waals surface area contributed by atoms with Gasteiger partial charge in [0.15, 0.2) is 0 Å². The number of carbonyl (C=O) groups is 1. The molecule has 2 unspecified atom stereocenters. The van der Waals surface area contributed by atoms with Crippen molar-refractivity contribution < 1.29 is 19.7 Å². The van der Waals surface area contributed by atoms with Gasteiger partial charge in [-0.05, 0) is 45.4 Å². The molecule has 0 aromatic heterocycles. The van der Waals surface area contributed by atoms with Crippen molar-refractivity contribution in [3.8, 4) is 0 Å². The normalized spacial score (nSPS) is 37.2. The minimum atomic E-state index is -0.751. The summed E-state index contributed by atoms with van der Waals surface area (Å²) >= 11 is 0. The number of rotatable bonds is 5. The third-order valence-corrected chi connectivity index (χ3v) is 4.54. The first-order valence-corrected chi connectivity index (χ1v) is 7.30. The first kappa shape index (κ1) is 14.8. The van der Waals surface area contributed by atoms with Gasteiger partial charge >= 0.3 is 5.97 Å². The number of hydrogen-bond acceptors (Lipinski definition) is 4. The minimum Gasteiger partial charge on any atom is -0.481 e. The third kappa shape index (κ3) is 3.91. The number of carboxylic acid groups (broad SMARTS) is 1. The second-order valence-electron chi connectivity index (χ2n) is 6.06. The number of aliphatic carboxylic acids is 1. The molecular weight excluding hydrogens is 246 g/mol. The zero-order valence-electron chi connectivity index (χ0n) is 11.6. The van der Waals surface area contributed by atoms with Crippen LogP contribution >= 0.6 is 0 Å². The lowest BCUT2D eigenvalue weighted by molar-refractivity contribution is -0.144. The Bertz CT molecular complexity index is 307. The third-order valence-electron chi connectivity index (χ3n) is 4.54. The maximum atomic E-state index is 10.9. The zero-order chi connectivity index (χ0) is 13.9. The van der Waals surface area contributed by atoms with Gasteiger partial charge in [0.2, 0.25) is 0 Å². The van der Waals surface area contributed by atoms with Crippen LogP contribution in [0, 0.1) is 5.92 Å². The SMILES string of the molecule is CC(NCC1(O)CCC(C(=O)O)CC1)C1CCCO1. The first-order valence-electron chi connectivity index (χ1n) is 7.30. The molecule has 0 amide bonds. The fraction of sp³-hybridized carbons (Fsp3) is 0.929. The topological polar surface area (TPSA) is 78.8 Å². The van der Waals surface area contributed by atoms with Crippen molar-refractivity contribution in [3.63, 3.8) is 0 Å². The molecule has 5 heteroatoms. The second-order valence-corrected chi connectivity index (χ2v) is 6.06. The van der Waals surface area contributed by atoms with E-state index in [0.29, 0.717) is 32.2 Å². The van der Waals surface area contributed by atoms with Crippen LogP contribution in [0.4, 0.5) is 0 Å². The van der Waals surface area contributed by atoms with E-state index in [1.807, 2.05) is 0 Å². The molecule has 1 aliphatic carbocycles. The van der Waals surface area contributed by atoms with Crippen LogP contribution in [0.1, 0.15) is 45.4 Å². The molecule has 0 aromatic carbocycles. The molecule has 1 aliphatic heterocycles. The van der Waals surface area contributed by atoms with E-state index in [1.54, 1.807) is 0 Å². The summed E-state index contributed by atoms with van der Waals surface area (Å²) in [6.07, 6.45) is 4.71. The van der Waals surface area contributed by atoms with Crippen LogP contribution in [0.2, 0.25) is 0 Å². The number of nitrogens with one attached hydrogen (secondary N) is 1. The largest absolute Gasteiger partial charge is 0.481 e. The summed E-state index contributed by atoms with van der Waals surface area (Å²) in [6.45, 7) is 3.45. The fourth-order valence-electron chi connectivity index (χ4n) is 3.06. The molecule has 0 spiro atoms. The Labute approximate surface area is 114 Å². The molecule has 2 fully saturated rings. The average Bonchev–Trinajstić information content (AvgIpc) is 2.90. The Kier molecular flexibility index (Phi) is 4.81. The van der Waals surface area contributed by atoms with Crippen LogP contribution in [0.5, 0.6) is 0 Å². The predicted molar refractivity (Wildman–Crippen MR) is 71.0 cm³/mol. The molecule has 1 saturated heterocycles. The quantitative estimate of drug-likeness (QED) is 0.699. The zero-order valence-corrected chi connectivity index (χ0v) is 11.6. The number of hydrogen-bond donors (Lipinski definition) is 3. The van der Waals surface area contributed by atoms with Gasteiger partial charge < -0.3 is 20.3 Å². The predicted octanol–water partition coefficient (Wildman–Crippen LogP) is 1.15. The second kappa shape index (κ2) is 6.20. The molecule has 110 valence electrons. The van der Waals surface area contributed by atoms with Gasteiger partial charge in [-0.3, -0.25) is 4.79 Å². The molecule has 2 aliphatic rings. The summed E-state index contributed by atoms with van der Waals surface area (Å²) < 4.78 is 5.61. The van der Waals surface area contributed by atoms with Crippen LogP contribution in [0.15, 0.2) is 0 Å². The fourth-order valence-corrected chi connectivity index (χ4v) is 3.06. The van der Waals surface area contributed by atoms with E-state index >= 15 is 0 Å². The van der Waals surface area contributed by atoms with Gasteiger partial charge in [-0.25, -0.2) is 0 Å². The number of carboxylic acids is 1. The monoisotopic (exact) mass is 271 g/mol. The van der Waals surface area contributed by atoms with Gasteiger partial charge in [0.1, 0.15) is 0 Å². The Balaban J connectivity index is 1.74. The van der Waals surface area contributed by atoms with E-state index in [9.17, 15) is 9.90 Å². The summed E-state index contributed by atoms with van der Waals surface area (Å²) in [5.74, 6) is -1.02. The molecule has 5 nitrogen and oxygen atoms in total. The maximum absolute atomic E-state index is 10.9. The summed E-state index contributed by atoms with van der Waals surface area (Å²) in [5, 5.41) is 22.8.